The number of ether oxygens (including phenoxy) is 1. The lowest BCUT2D eigenvalue weighted by Gasteiger charge is -2.38. The van der Waals surface area contributed by atoms with Crippen molar-refractivity contribution in [3.05, 3.63) is 35.3 Å². The van der Waals surface area contributed by atoms with E-state index >= 15 is 0 Å². The van der Waals surface area contributed by atoms with Crippen LogP contribution in [0.5, 0.6) is 0 Å². The van der Waals surface area contributed by atoms with Crippen LogP contribution in [-0.4, -0.2) is 53.5 Å². The smallest absolute Gasteiger partial charge is 0.410 e. The Labute approximate surface area is 215 Å². The number of carbonyl (C=O) groups excluding carboxylic acids is 1. The van der Waals surface area contributed by atoms with Crippen LogP contribution < -0.4 is 5.32 Å². The topological polar surface area (TPSA) is 57.2 Å². The van der Waals surface area contributed by atoms with Gasteiger partial charge in [0.25, 0.3) is 0 Å². The Morgan fingerprint density at radius 1 is 1.09 bits per heavy atom. The standard InChI is InChI=1S/C23H38N4O2.C6H14/c1-8-10-11-24-21-20(19(16-25-21)17(3)9-2)18(4)26-12-14-27(15-13-26)22(28)29-23(5,6)7;1-3-5-6-4-2/h10-11,16-17H,8-9,12-15H2,1-7H3,(H,24,25);3-6H2,1-2H3/b11-10+,20-18+;. The van der Waals surface area contributed by atoms with Gasteiger partial charge in [-0.2, -0.15) is 0 Å². The van der Waals surface area contributed by atoms with Gasteiger partial charge in [0.15, 0.2) is 0 Å². The molecule has 0 saturated carbocycles. The zero-order valence-electron chi connectivity index (χ0n) is 24.0. The molecule has 0 spiro atoms. The number of amidine groups is 1. The number of carbonyl (C=O) groups is 1. The third-order valence-corrected chi connectivity index (χ3v) is 6.30. The van der Waals surface area contributed by atoms with Gasteiger partial charge in [0.1, 0.15) is 11.4 Å². The van der Waals surface area contributed by atoms with Crippen LogP contribution in [0.25, 0.3) is 0 Å². The molecular weight excluding hydrogens is 436 g/mol. The lowest BCUT2D eigenvalue weighted by Crippen LogP contribution is -2.49. The summed E-state index contributed by atoms with van der Waals surface area (Å²) in [5.41, 5.74) is 3.24. The lowest BCUT2D eigenvalue weighted by atomic mass is 9.91. The second-order valence-electron chi connectivity index (χ2n) is 10.4. The van der Waals surface area contributed by atoms with Crippen molar-refractivity contribution in [1.29, 1.82) is 0 Å². The van der Waals surface area contributed by atoms with E-state index in [0.29, 0.717) is 19.0 Å². The van der Waals surface area contributed by atoms with Crippen LogP contribution >= 0.6 is 0 Å². The fourth-order valence-electron chi connectivity index (χ4n) is 3.95. The number of aliphatic imine (C=N–C) groups is 1. The van der Waals surface area contributed by atoms with Crippen molar-refractivity contribution >= 4 is 11.9 Å². The highest BCUT2D eigenvalue weighted by atomic mass is 16.6. The van der Waals surface area contributed by atoms with Crippen molar-refractivity contribution in [2.45, 2.75) is 106 Å². The van der Waals surface area contributed by atoms with E-state index in [1.165, 1.54) is 42.5 Å². The minimum absolute atomic E-state index is 0.225. The van der Waals surface area contributed by atoms with Crippen molar-refractivity contribution in [2.24, 2.45) is 10.9 Å². The van der Waals surface area contributed by atoms with Crippen LogP contribution in [-0.2, 0) is 4.74 Å². The molecule has 2 aliphatic heterocycles. The maximum absolute atomic E-state index is 12.4. The van der Waals surface area contributed by atoms with Gasteiger partial charge in [-0.3, -0.25) is 0 Å². The van der Waals surface area contributed by atoms with Crippen molar-refractivity contribution in [1.82, 2.24) is 15.1 Å². The predicted molar refractivity (Wildman–Crippen MR) is 149 cm³/mol. The molecular formula is C29H52N4O2. The monoisotopic (exact) mass is 488 g/mol. The van der Waals surface area contributed by atoms with Crippen molar-refractivity contribution < 1.29 is 9.53 Å². The second-order valence-corrected chi connectivity index (χ2v) is 10.4. The molecule has 0 aromatic carbocycles. The molecule has 35 heavy (non-hydrogen) atoms. The van der Waals surface area contributed by atoms with Crippen LogP contribution in [0.2, 0.25) is 0 Å². The summed E-state index contributed by atoms with van der Waals surface area (Å²) in [5, 5.41) is 3.36. The molecule has 2 heterocycles. The molecule has 200 valence electrons. The zero-order chi connectivity index (χ0) is 26.4. The normalized spacial score (nSPS) is 18.5. The summed E-state index contributed by atoms with van der Waals surface area (Å²) in [5.74, 6) is 1.36. The molecule has 6 heteroatoms. The summed E-state index contributed by atoms with van der Waals surface area (Å²) in [4.78, 5) is 21.2. The first-order valence-corrected chi connectivity index (χ1v) is 13.7. The maximum atomic E-state index is 12.4. The Balaban J connectivity index is 0.000000905. The SMILES string of the molecule is CC/C=C/NC1=NC=C(C(C)CC)/C1=C(/C)N1CCN(C(=O)OC(C)(C)C)CC1.CCCCCC. The van der Waals surface area contributed by atoms with Gasteiger partial charge in [-0.15, -0.1) is 0 Å². The van der Waals surface area contributed by atoms with Gasteiger partial charge in [-0.25, -0.2) is 9.79 Å². The third kappa shape index (κ3) is 10.5. The Morgan fingerprint density at radius 3 is 2.14 bits per heavy atom. The molecule has 0 bridgehead atoms. The summed E-state index contributed by atoms with van der Waals surface area (Å²) in [6.07, 6.45) is 13.4. The number of piperazine rings is 1. The Kier molecular flexibility index (Phi) is 13.8. The van der Waals surface area contributed by atoms with Crippen LogP contribution in [0.3, 0.4) is 0 Å². The fourth-order valence-corrected chi connectivity index (χ4v) is 3.95. The number of amides is 1. The number of nitrogens with one attached hydrogen (secondary N) is 1. The van der Waals surface area contributed by atoms with Gasteiger partial charge in [0.2, 0.25) is 0 Å². The largest absolute Gasteiger partial charge is 0.444 e. The molecule has 0 aromatic heterocycles. The maximum Gasteiger partial charge on any atom is 0.410 e. The van der Waals surface area contributed by atoms with E-state index in [4.69, 9.17) is 4.74 Å². The summed E-state index contributed by atoms with van der Waals surface area (Å²) in [6, 6.07) is 0. The Hall–Kier alpha value is -2.24. The molecule has 6 nitrogen and oxygen atoms in total. The highest BCUT2D eigenvalue weighted by molar-refractivity contribution is 6.05. The second kappa shape index (κ2) is 15.7. The van der Waals surface area contributed by atoms with E-state index in [9.17, 15) is 4.79 Å². The first-order chi connectivity index (χ1) is 16.6. The van der Waals surface area contributed by atoms with Gasteiger partial charge < -0.3 is 19.9 Å². The van der Waals surface area contributed by atoms with E-state index in [2.05, 4.69) is 62.8 Å². The first-order valence-electron chi connectivity index (χ1n) is 13.7. The van der Waals surface area contributed by atoms with Gasteiger partial charge >= 0.3 is 6.09 Å². The van der Waals surface area contributed by atoms with Gasteiger partial charge in [-0.1, -0.05) is 66.4 Å². The fraction of sp³-hybridized carbons (Fsp3) is 0.724. The number of unbranched alkanes of at least 4 members (excludes halogenated alkanes) is 3. The van der Waals surface area contributed by atoms with E-state index in [1.807, 2.05) is 33.2 Å². The molecule has 0 aromatic rings. The summed E-state index contributed by atoms with van der Waals surface area (Å²) in [7, 11) is 0. The molecule has 1 unspecified atom stereocenters. The number of allylic oxidation sites excluding steroid dienone is 2. The van der Waals surface area contributed by atoms with Crippen molar-refractivity contribution in [2.75, 3.05) is 26.2 Å². The summed E-state index contributed by atoms with van der Waals surface area (Å²) >= 11 is 0. The average Bonchev–Trinajstić information content (AvgIpc) is 3.25. The quantitative estimate of drug-likeness (QED) is 0.365. The van der Waals surface area contributed by atoms with E-state index < -0.39 is 5.60 Å². The van der Waals surface area contributed by atoms with Gasteiger partial charge in [0.05, 0.1) is 0 Å². The van der Waals surface area contributed by atoms with Crippen LogP contribution in [0.1, 0.15) is 101 Å². The van der Waals surface area contributed by atoms with Crippen molar-refractivity contribution in [3.63, 3.8) is 0 Å². The first kappa shape index (κ1) is 30.8. The van der Waals surface area contributed by atoms with Crippen LogP contribution in [0.4, 0.5) is 4.79 Å². The molecule has 0 aliphatic carbocycles. The molecule has 2 rings (SSSR count). The number of hydrogen-bond acceptors (Lipinski definition) is 5. The number of hydrogen-bond donors (Lipinski definition) is 1. The average molecular weight is 489 g/mol. The molecule has 1 atom stereocenters. The van der Waals surface area contributed by atoms with Crippen LogP contribution in [0.15, 0.2) is 40.3 Å². The number of nitrogens with zero attached hydrogens (tertiary/aromatic N) is 3. The highest BCUT2D eigenvalue weighted by Crippen LogP contribution is 2.31. The lowest BCUT2D eigenvalue weighted by molar-refractivity contribution is 0.0168. The van der Waals surface area contributed by atoms with Crippen molar-refractivity contribution in [3.8, 4) is 0 Å². The molecule has 1 amide bonds. The summed E-state index contributed by atoms with van der Waals surface area (Å²) in [6.45, 7) is 21.8. The van der Waals surface area contributed by atoms with E-state index in [1.54, 1.807) is 4.90 Å². The predicted octanol–water partition coefficient (Wildman–Crippen LogP) is 7.26. The molecule has 0 radical (unpaired) electrons. The highest BCUT2D eigenvalue weighted by Gasteiger charge is 2.29. The molecule has 1 fully saturated rings. The number of rotatable bonds is 8. The van der Waals surface area contributed by atoms with E-state index in [-0.39, 0.29) is 6.09 Å². The minimum atomic E-state index is -0.463. The van der Waals surface area contributed by atoms with Crippen LogP contribution in [0, 0.1) is 5.92 Å². The Morgan fingerprint density at radius 2 is 1.66 bits per heavy atom. The molecule has 2 aliphatic rings. The minimum Gasteiger partial charge on any atom is -0.444 e. The summed E-state index contributed by atoms with van der Waals surface area (Å²) < 4.78 is 5.52. The molecule has 1 saturated heterocycles. The Bertz CT molecular complexity index is 762. The van der Waals surface area contributed by atoms with E-state index in [0.717, 1.165) is 31.8 Å². The third-order valence-electron chi connectivity index (χ3n) is 6.30. The molecule has 1 N–H and O–H groups in total. The van der Waals surface area contributed by atoms with Gasteiger partial charge in [0, 0.05) is 43.6 Å². The van der Waals surface area contributed by atoms with Gasteiger partial charge in [-0.05, 0) is 58.2 Å². The zero-order valence-corrected chi connectivity index (χ0v) is 24.0.